The highest BCUT2D eigenvalue weighted by atomic mass is 16.4. The van der Waals surface area contributed by atoms with Gasteiger partial charge in [0.05, 0.1) is 0 Å². The summed E-state index contributed by atoms with van der Waals surface area (Å²) in [6.45, 7) is 3.68. The van der Waals surface area contributed by atoms with Gasteiger partial charge in [0.2, 0.25) is 0 Å². The molecule has 92 valence electrons. The maximum atomic E-state index is 11.7. The second kappa shape index (κ2) is 5.59. The van der Waals surface area contributed by atoms with E-state index in [1.807, 2.05) is 6.92 Å². The van der Waals surface area contributed by atoms with Crippen LogP contribution in [0.2, 0.25) is 0 Å². The van der Waals surface area contributed by atoms with E-state index in [1.165, 1.54) is 6.07 Å². The van der Waals surface area contributed by atoms with E-state index in [4.69, 9.17) is 5.11 Å². The Labute approximate surface area is 99.9 Å². The molecule has 1 aromatic carbocycles. The number of benzene rings is 1. The third-order valence-electron chi connectivity index (χ3n) is 2.69. The van der Waals surface area contributed by atoms with Crippen LogP contribution in [-0.2, 0) is 11.2 Å². The zero-order chi connectivity index (χ0) is 13.0. The van der Waals surface area contributed by atoms with Crippen molar-refractivity contribution in [2.45, 2.75) is 32.8 Å². The fourth-order valence-corrected chi connectivity index (χ4v) is 1.67. The van der Waals surface area contributed by atoms with Gasteiger partial charge in [-0.15, -0.1) is 0 Å². The molecule has 2 N–H and O–H groups in total. The maximum absolute atomic E-state index is 11.7. The quantitative estimate of drug-likeness (QED) is 0.766. The summed E-state index contributed by atoms with van der Waals surface area (Å²) in [5.41, 5.74) is 1.62. The van der Waals surface area contributed by atoms with Gasteiger partial charge in [-0.1, -0.05) is 26.0 Å². The highest BCUT2D eigenvalue weighted by molar-refractivity contribution is 5.97. The first kappa shape index (κ1) is 13.4. The van der Waals surface area contributed by atoms with E-state index < -0.39 is 12.1 Å². The number of carbonyl (C=O) groups excluding carboxylic acids is 1. The van der Waals surface area contributed by atoms with Crippen molar-refractivity contribution in [3.05, 3.63) is 34.9 Å². The van der Waals surface area contributed by atoms with E-state index in [1.54, 1.807) is 19.1 Å². The monoisotopic (exact) mass is 236 g/mol. The Morgan fingerprint density at radius 1 is 1.29 bits per heavy atom. The molecule has 0 saturated carbocycles. The molecule has 1 unspecified atom stereocenters. The van der Waals surface area contributed by atoms with Gasteiger partial charge in [0.25, 0.3) is 0 Å². The molecule has 4 heteroatoms. The number of ketones is 1. The smallest absolute Gasteiger partial charge is 0.337 e. The third kappa shape index (κ3) is 2.91. The number of carboxylic acids is 1. The summed E-state index contributed by atoms with van der Waals surface area (Å²) >= 11 is 0. The van der Waals surface area contributed by atoms with E-state index in [0.717, 1.165) is 5.56 Å². The van der Waals surface area contributed by atoms with Crippen LogP contribution in [0.4, 0.5) is 0 Å². The molecule has 0 amide bonds. The van der Waals surface area contributed by atoms with Gasteiger partial charge in [-0.05, 0) is 23.6 Å². The number of hydrogen-bond donors (Lipinski definition) is 2. The number of aliphatic hydroxyl groups excluding tert-OH is 1. The molecule has 4 nitrogen and oxygen atoms in total. The summed E-state index contributed by atoms with van der Waals surface area (Å²) in [4.78, 5) is 22.4. The first-order valence-electron chi connectivity index (χ1n) is 5.58. The van der Waals surface area contributed by atoms with Crippen LogP contribution in [0.15, 0.2) is 18.2 Å². The Bertz CT molecular complexity index is 437. The molecule has 0 heterocycles. The van der Waals surface area contributed by atoms with E-state index in [9.17, 15) is 14.7 Å². The Balaban J connectivity index is 3.22. The van der Waals surface area contributed by atoms with E-state index in [-0.39, 0.29) is 11.3 Å². The van der Waals surface area contributed by atoms with Gasteiger partial charge in [-0.3, -0.25) is 4.79 Å². The predicted molar refractivity (Wildman–Crippen MR) is 63.0 cm³/mol. The number of aryl methyl sites for hydroxylation is 1. The average molecular weight is 236 g/mol. The second-order valence-corrected chi connectivity index (χ2v) is 3.79. The summed E-state index contributed by atoms with van der Waals surface area (Å²) in [7, 11) is 0. The van der Waals surface area contributed by atoms with Crippen molar-refractivity contribution in [2.24, 2.45) is 0 Å². The molecule has 0 radical (unpaired) electrons. The minimum atomic E-state index is -1.58. The number of hydrogen-bond acceptors (Lipinski definition) is 3. The van der Waals surface area contributed by atoms with Gasteiger partial charge < -0.3 is 10.2 Å². The normalized spacial score (nSPS) is 12.2. The first-order valence-corrected chi connectivity index (χ1v) is 5.58. The van der Waals surface area contributed by atoms with Gasteiger partial charge in [-0.2, -0.15) is 0 Å². The van der Waals surface area contributed by atoms with Crippen LogP contribution in [0.1, 0.15) is 47.9 Å². The highest BCUT2D eigenvalue weighted by Crippen LogP contribution is 2.20. The van der Waals surface area contributed by atoms with Crippen LogP contribution in [0, 0.1) is 0 Å². The number of aliphatic hydroxyl groups is 1. The van der Waals surface area contributed by atoms with Crippen molar-refractivity contribution in [3.8, 4) is 0 Å². The van der Waals surface area contributed by atoms with Crippen molar-refractivity contribution < 1.29 is 19.8 Å². The summed E-state index contributed by atoms with van der Waals surface area (Å²) in [6.07, 6.45) is -0.520. The molecule has 1 aromatic rings. The fourth-order valence-electron chi connectivity index (χ4n) is 1.67. The SMILES string of the molecule is CCC(=O)c1cc(C(O)C(=O)O)ccc1CC. The minimum Gasteiger partial charge on any atom is -0.479 e. The number of aliphatic carboxylic acids is 1. The van der Waals surface area contributed by atoms with Gasteiger partial charge >= 0.3 is 5.97 Å². The van der Waals surface area contributed by atoms with Crippen LogP contribution in [0.5, 0.6) is 0 Å². The van der Waals surface area contributed by atoms with Gasteiger partial charge in [-0.25, -0.2) is 4.79 Å². The number of carbonyl (C=O) groups is 2. The zero-order valence-electron chi connectivity index (χ0n) is 9.93. The van der Waals surface area contributed by atoms with Gasteiger partial charge in [0.1, 0.15) is 0 Å². The van der Waals surface area contributed by atoms with E-state index >= 15 is 0 Å². The molecule has 1 atom stereocenters. The standard InChI is InChI=1S/C13H16O4/c1-3-8-5-6-9(12(15)13(16)17)7-10(8)11(14)4-2/h5-7,12,15H,3-4H2,1-2H3,(H,16,17). The predicted octanol–water partition coefficient (Wildman–Crippen LogP) is 1.96. The molecular formula is C13H16O4. The topological polar surface area (TPSA) is 74.6 Å². The Kier molecular flexibility index (Phi) is 4.40. The average Bonchev–Trinajstić information content (AvgIpc) is 2.35. The van der Waals surface area contributed by atoms with Crippen molar-refractivity contribution in [1.82, 2.24) is 0 Å². The van der Waals surface area contributed by atoms with E-state index in [0.29, 0.717) is 18.4 Å². The van der Waals surface area contributed by atoms with Gasteiger partial charge in [0, 0.05) is 12.0 Å². The van der Waals surface area contributed by atoms with Gasteiger partial charge in [0.15, 0.2) is 11.9 Å². The highest BCUT2D eigenvalue weighted by Gasteiger charge is 2.18. The van der Waals surface area contributed by atoms with Crippen molar-refractivity contribution in [3.63, 3.8) is 0 Å². The fraction of sp³-hybridized carbons (Fsp3) is 0.385. The molecule has 0 aromatic heterocycles. The second-order valence-electron chi connectivity index (χ2n) is 3.79. The molecule has 0 fully saturated rings. The number of Topliss-reactive ketones (excluding diaryl/α,β-unsaturated/α-hetero) is 1. The maximum Gasteiger partial charge on any atom is 0.337 e. The summed E-state index contributed by atoms with van der Waals surface area (Å²) in [6, 6.07) is 4.72. The van der Waals surface area contributed by atoms with Crippen LogP contribution in [0.3, 0.4) is 0 Å². The molecule has 17 heavy (non-hydrogen) atoms. The molecule has 0 aliphatic rings. The lowest BCUT2D eigenvalue weighted by molar-refractivity contribution is -0.146. The first-order chi connectivity index (χ1) is 8.01. The number of carboxylic acid groups (broad SMARTS) is 1. The zero-order valence-corrected chi connectivity index (χ0v) is 9.93. The molecule has 0 aliphatic heterocycles. The summed E-state index contributed by atoms with van der Waals surface area (Å²) in [5, 5.41) is 18.1. The van der Waals surface area contributed by atoms with Crippen LogP contribution in [-0.4, -0.2) is 22.0 Å². The Hall–Kier alpha value is -1.68. The van der Waals surface area contributed by atoms with Crippen LogP contribution < -0.4 is 0 Å². The molecule has 0 aliphatic carbocycles. The summed E-state index contributed by atoms with van der Waals surface area (Å²) < 4.78 is 0. The molecule has 0 saturated heterocycles. The van der Waals surface area contributed by atoms with Crippen molar-refractivity contribution >= 4 is 11.8 Å². The number of rotatable bonds is 5. The Morgan fingerprint density at radius 3 is 2.41 bits per heavy atom. The van der Waals surface area contributed by atoms with Crippen LogP contribution in [0.25, 0.3) is 0 Å². The largest absolute Gasteiger partial charge is 0.479 e. The lowest BCUT2D eigenvalue weighted by atomic mass is 9.96. The summed E-state index contributed by atoms with van der Waals surface area (Å²) in [5.74, 6) is -1.36. The van der Waals surface area contributed by atoms with Crippen molar-refractivity contribution in [2.75, 3.05) is 0 Å². The van der Waals surface area contributed by atoms with Crippen LogP contribution >= 0.6 is 0 Å². The lowest BCUT2D eigenvalue weighted by Crippen LogP contribution is -2.12. The van der Waals surface area contributed by atoms with E-state index in [2.05, 4.69) is 0 Å². The lowest BCUT2D eigenvalue weighted by Gasteiger charge is -2.11. The molecule has 1 rings (SSSR count). The molecule has 0 bridgehead atoms. The molecular weight excluding hydrogens is 220 g/mol. The Morgan fingerprint density at radius 2 is 1.94 bits per heavy atom. The molecule has 0 spiro atoms. The minimum absolute atomic E-state index is 0.0405. The van der Waals surface area contributed by atoms with Crippen molar-refractivity contribution in [1.29, 1.82) is 0 Å². The third-order valence-corrected chi connectivity index (χ3v) is 2.69.